The van der Waals surface area contributed by atoms with E-state index >= 15 is 0 Å². The normalized spacial score (nSPS) is 11.0. The molecule has 2 aromatic heterocycles. The first-order valence-electron chi connectivity index (χ1n) is 6.72. The highest BCUT2D eigenvalue weighted by molar-refractivity contribution is 6.29. The van der Waals surface area contributed by atoms with Gasteiger partial charge in [0.2, 0.25) is 0 Å². The van der Waals surface area contributed by atoms with Gasteiger partial charge in [-0.1, -0.05) is 29.8 Å². The van der Waals surface area contributed by atoms with Crippen LogP contribution in [0.15, 0.2) is 42.6 Å². The molecule has 0 radical (unpaired) electrons. The Labute approximate surface area is 127 Å². The van der Waals surface area contributed by atoms with E-state index < -0.39 is 0 Å². The van der Waals surface area contributed by atoms with E-state index in [9.17, 15) is 0 Å². The minimum absolute atomic E-state index is 0.352. The Balaban J connectivity index is 2.02. The van der Waals surface area contributed by atoms with Gasteiger partial charge in [0, 0.05) is 29.8 Å². The number of pyridine rings is 1. The second-order valence-electron chi connectivity index (χ2n) is 4.55. The summed E-state index contributed by atoms with van der Waals surface area (Å²) in [5.41, 5.74) is 2.62. The Morgan fingerprint density at radius 2 is 2.00 bits per heavy atom. The van der Waals surface area contributed by atoms with Gasteiger partial charge in [-0.05, 0) is 19.1 Å². The molecule has 0 N–H and O–H groups in total. The van der Waals surface area contributed by atoms with Gasteiger partial charge >= 0.3 is 0 Å². The SMILES string of the molecule is CCOCc1nc(Cl)cc(-c2cnc3ccccc3c2)n1. The molecule has 0 aliphatic rings. The second kappa shape index (κ2) is 6.16. The first-order chi connectivity index (χ1) is 10.3. The fourth-order valence-electron chi connectivity index (χ4n) is 2.08. The maximum atomic E-state index is 6.07. The van der Waals surface area contributed by atoms with Crippen molar-refractivity contribution in [2.75, 3.05) is 6.61 Å². The lowest BCUT2D eigenvalue weighted by molar-refractivity contribution is 0.128. The Morgan fingerprint density at radius 3 is 2.86 bits per heavy atom. The summed E-state index contributed by atoms with van der Waals surface area (Å²) in [4.78, 5) is 13.1. The van der Waals surface area contributed by atoms with Gasteiger partial charge in [-0.25, -0.2) is 9.97 Å². The molecule has 0 saturated carbocycles. The zero-order valence-electron chi connectivity index (χ0n) is 11.6. The number of nitrogens with zero attached hydrogens (tertiary/aromatic N) is 3. The summed E-state index contributed by atoms with van der Waals surface area (Å²) in [5.74, 6) is 0.576. The van der Waals surface area contributed by atoms with Crippen LogP contribution in [0.5, 0.6) is 0 Å². The minimum Gasteiger partial charge on any atom is -0.374 e. The molecule has 3 rings (SSSR count). The Morgan fingerprint density at radius 1 is 1.14 bits per heavy atom. The van der Waals surface area contributed by atoms with Crippen molar-refractivity contribution in [3.63, 3.8) is 0 Å². The summed E-state index contributed by atoms with van der Waals surface area (Å²) in [7, 11) is 0. The summed E-state index contributed by atoms with van der Waals surface area (Å²) >= 11 is 6.07. The fourth-order valence-corrected chi connectivity index (χ4v) is 2.28. The number of fused-ring (bicyclic) bond motifs is 1. The van der Waals surface area contributed by atoms with Crippen LogP contribution < -0.4 is 0 Å². The van der Waals surface area contributed by atoms with Gasteiger partial charge < -0.3 is 4.74 Å². The Hall–Kier alpha value is -2.04. The van der Waals surface area contributed by atoms with E-state index in [0.717, 1.165) is 22.2 Å². The first-order valence-corrected chi connectivity index (χ1v) is 7.10. The fraction of sp³-hybridized carbons (Fsp3) is 0.188. The number of hydrogen-bond donors (Lipinski definition) is 0. The Kier molecular flexibility index (Phi) is 4.08. The number of rotatable bonds is 4. The molecule has 0 aliphatic heterocycles. The molecule has 0 atom stereocenters. The maximum Gasteiger partial charge on any atom is 0.156 e. The van der Waals surface area contributed by atoms with Crippen LogP contribution in [0.3, 0.4) is 0 Å². The van der Waals surface area contributed by atoms with E-state index in [1.165, 1.54) is 0 Å². The van der Waals surface area contributed by atoms with Crippen LogP contribution in [0.2, 0.25) is 5.15 Å². The molecule has 0 spiro atoms. The number of aromatic nitrogens is 3. The molecule has 106 valence electrons. The molecule has 0 fully saturated rings. The molecule has 0 unspecified atom stereocenters. The van der Waals surface area contributed by atoms with Crippen LogP contribution in [-0.4, -0.2) is 21.6 Å². The molecule has 0 bridgehead atoms. The van der Waals surface area contributed by atoms with Gasteiger partial charge in [-0.3, -0.25) is 4.98 Å². The van der Waals surface area contributed by atoms with Crippen LogP contribution >= 0.6 is 11.6 Å². The van der Waals surface area contributed by atoms with Crippen molar-refractivity contribution in [2.45, 2.75) is 13.5 Å². The molecule has 5 heteroatoms. The summed E-state index contributed by atoms with van der Waals surface area (Å²) in [5, 5.41) is 1.47. The molecule has 1 aromatic carbocycles. The molecule has 0 amide bonds. The van der Waals surface area contributed by atoms with Crippen molar-refractivity contribution < 1.29 is 4.74 Å². The summed E-state index contributed by atoms with van der Waals surface area (Å²) in [6, 6.07) is 11.7. The lowest BCUT2D eigenvalue weighted by Gasteiger charge is -2.06. The van der Waals surface area contributed by atoms with Crippen molar-refractivity contribution in [2.24, 2.45) is 0 Å². The number of benzene rings is 1. The quantitative estimate of drug-likeness (QED) is 0.686. The maximum absolute atomic E-state index is 6.07. The average Bonchev–Trinajstić information content (AvgIpc) is 2.52. The monoisotopic (exact) mass is 299 g/mol. The van der Waals surface area contributed by atoms with Crippen LogP contribution in [0, 0.1) is 0 Å². The van der Waals surface area contributed by atoms with E-state index in [-0.39, 0.29) is 0 Å². The standard InChI is InChI=1S/C16H14ClN3O/c1-2-21-10-16-19-14(8-15(17)20-16)12-7-11-5-3-4-6-13(11)18-9-12/h3-9H,2,10H2,1H3. The van der Waals surface area contributed by atoms with E-state index in [0.29, 0.717) is 24.2 Å². The van der Waals surface area contributed by atoms with Crippen molar-refractivity contribution in [1.82, 2.24) is 15.0 Å². The third-order valence-electron chi connectivity index (χ3n) is 3.06. The van der Waals surface area contributed by atoms with E-state index in [1.54, 1.807) is 12.3 Å². The molecular weight excluding hydrogens is 286 g/mol. The molecule has 2 heterocycles. The van der Waals surface area contributed by atoms with Gasteiger partial charge in [0.15, 0.2) is 5.82 Å². The molecule has 0 aliphatic carbocycles. The Bertz CT molecular complexity index is 776. The molecule has 3 aromatic rings. The van der Waals surface area contributed by atoms with E-state index in [4.69, 9.17) is 16.3 Å². The van der Waals surface area contributed by atoms with E-state index in [1.807, 2.05) is 37.3 Å². The molecule has 4 nitrogen and oxygen atoms in total. The smallest absolute Gasteiger partial charge is 0.156 e. The summed E-state index contributed by atoms with van der Waals surface area (Å²) in [6.07, 6.45) is 1.80. The molecule has 21 heavy (non-hydrogen) atoms. The minimum atomic E-state index is 0.352. The van der Waals surface area contributed by atoms with Gasteiger partial charge in [-0.15, -0.1) is 0 Å². The van der Waals surface area contributed by atoms with Crippen molar-refractivity contribution in [3.05, 3.63) is 53.6 Å². The number of halogens is 1. The predicted molar refractivity (Wildman–Crippen MR) is 83.1 cm³/mol. The van der Waals surface area contributed by atoms with Gasteiger partial charge in [0.1, 0.15) is 11.8 Å². The van der Waals surface area contributed by atoms with Crippen LogP contribution in [0.1, 0.15) is 12.7 Å². The zero-order valence-corrected chi connectivity index (χ0v) is 12.3. The lowest BCUT2D eigenvalue weighted by atomic mass is 10.1. The highest BCUT2D eigenvalue weighted by atomic mass is 35.5. The van der Waals surface area contributed by atoms with Gasteiger partial charge in [-0.2, -0.15) is 0 Å². The highest BCUT2D eigenvalue weighted by Gasteiger charge is 2.07. The third-order valence-corrected chi connectivity index (χ3v) is 3.26. The zero-order chi connectivity index (χ0) is 14.7. The summed E-state index contributed by atoms with van der Waals surface area (Å²) in [6.45, 7) is 2.90. The van der Waals surface area contributed by atoms with Gasteiger partial charge in [0.25, 0.3) is 0 Å². The van der Waals surface area contributed by atoms with Crippen LogP contribution in [-0.2, 0) is 11.3 Å². The van der Waals surface area contributed by atoms with Crippen molar-refractivity contribution in [1.29, 1.82) is 0 Å². The van der Waals surface area contributed by atoms with E-state index in [2.05, 4.69) is 15.0 Å². The van der Waals surface area contributed by atoms with Gasteiger partial charge in [0.05, 0.1) is 11.2 Å². The summed E-state index contributed by atoms with van der Waals surface area (Å²) < 4.78 is 5.34. The number of para-hydroxylation sites is 1. The predicted octanol–water partition coefficient (Wildman–Crippen LogP) is 3.88. The average molecular weight is 300 g/mol. The largest absolute Gasteiger partial charge is 0.374 e. The topological polar surface area (TPSA) is 47.9 Å². The van der Waals surface area contributed by atoms with Crippen LogP contribution in [0.25, 0.3) is 22.2 Å². The van der Waals surface area contributed by atoms with Crippen LogP contribution in [0.4, 0.5) is 0 Å². The number of ether oxygens (including phenoxy) is 1. The highest BCUT2D eigenvalue weighted by Crippen LogP contribution is 2.23. The lowest BCUT2D eigenvalue weighted by Crippen LogP contribution is -2.00. The molecule has 0 saturated heterocycles. The second-order valence-corrected chi connectivity index (χ2v) is 4.93. The first kappa shape index (κ1) is 13.9. The molecular formula is C16H14ClN3O. The van der Waals surface area contributed by atoms with Crippen molar-refractivity contribution in [3.8, 4) is 11.3 Å². The van der Waals surface area contributed by atoms with Crippen molar-refractivity contribution >= 4 is 22.5 Å². The number of hydrogen-bond acceptors (Lipinski definition) is 4. The third kappa shape index (κ3) is 3.17.